The number of rotatable bonds is 5. The molecule has 2 rings (SSSR count). The van der Waals surface area contributed by atoms with E-state index < -0.39 is 0 Å². The maximum absolute atomic E-state index is 12.4. The molecule has 0 bridgehead atoms. The Morgan fingerprint density at radius 1 is 1.00 bits per heavy atom. The van der Waals surface area contributed by atoms with E-state index in [2.05, 4.69) is 33.9 Å². The first-order chi connectivity index (χ1) is 10.1. The molecule has 0 spiro atoms. The molecule has 0 aliphatic carbocycles. The Morgan fingerprint density at radius 3 is 2.48 bits per heavy atom. The fourth-order valence-electron chi connectivity index (χ4n) is 3.01. The maximum atomic E-state index is 12.4. The molecule has 5 nitrogen and oxygen atoms in total. The van der Waals surface area contributed by atoms with Gasteiger partial charge in [-0.15, -0.1) is 0 Å². The van der Waals surface area contributed by atoms with E-state index in [1.165, 1.54) is 13.0 Å². The summed E-state index contributed by atoms with van der Waals surface area (Å²) in [5.74, 6) is 1.08. The lowest BCUT2D eigenvalue weighted by Crippen LogP contribution is -2.51. The smallest absolute Gasteiger partial charge is 0.236 e. The summed E-state index contributed by atoms with van der Waals surface area (Å²) in [4.78, 5) is 19.3. The van der Waals surface area contributed by atoms with Gasteiger partial charge in [-0.1, -0.05) is 13.8 Å². The van der Waals surface area contributed by atoms with Gasteiger partial charge in [-0.3, -0.25) is 14.6 Å². The van der Waals surface area contributed by atoms with E-state index in [1.54, 1.807) is 0 Å². The molecule has 0 saturated carbocycles. The summed E-state index contributed by atoms with van der Waals surface area (Å²) < 4.78 is 0. The number of nitrogens with zero attached hydrogens (tertiary/aromatic N) is 3. The highest BCUT2D eigenvalue weighted by Crippen LogP contribution is 2.07. The molecule has 0 aromatic carbocycles. The molecule has 21 heavy (non-hydrogen) atoms. The Kier molecular flexibility index (Phi) is 6.93. The molecular weight excluding hydrogens is 264 g/mol. The molecule has 0 atom stereocenters. The van der Waals surface area contributed by atoms with E-state index in [0.717, 1.165) is 64.7 Å². The van der Waals surface area contributed by atoms with Crippen LogP contribution < -0.4 is 5.32 Å². The van der Waals surface area contributed by atoms with Gasteiger partial charge in [0.1, 0.15) is 0 Å². The Hall–Kier alpha value is -0.650. The second kappa shape index (κ2) is 8.71. The van der Waals surface area contributed by atoms with Crippen molar-refractivity contribution in [3.63, 3.8) is 0 Å². The number of hydrogen-bond donors (Lipinski definition) is 1. The van der Waals surface area contributed by atoms with Crippen molar-refractivity contribution in [3.05, 3.63) is 0 Å². The maximum Gasteiger partial charge on any atom is 0.236 e. The molecule has 2 saturated heterocycles. The first-order valence-corrected chi connectivity index (χ1v) is 8.58. The van der Waals surface area contributed by atoms with Gasteiger partial charge in [-0.05, 0) is 38.4 Å². The highest BCUT2D eigenvalue weighted by atomic mass is 16.2. The van der Waals surface area contributed by atoms with Gasteiger partial charge >= 0.3 is 0 Å². The predicted octanol–water partition coefficient (Wildman–Crippen LogP) is 0.472. The molecule has 1 amide bonds. The van der Waals surface area contributed by atoms with Crippen molar-refractivity contribution in [1.29, 1.82) is 0 Å². The number of carbonyl (C=O) groups is 1. The van der Waals surface area contributed by atoms with Crippen LogP contribution in [0.1, 0.15) is 26.7 Å². The van der Waals surface area contributed by atoms with Crippen molar-refractivity contribution in [1.82, 2.24) is 20.0 Å². The topological polar surface area (TPSA) is 38.8 Å². The molecule has 0 radical (unpaired) electrons. The molecule has 2 aliphatic heterocycles. The molecule has 122 valence electrons. The fraction of sp³-hybridized carbons (Fsp3) is 0.938. The van der Waals surface area contributed by atoms with Crippen molar-refractivity contribution in [2.24, 2.45) is 5.92 Å². The Bertz CT molecular complexity index is 305. The summed E-state index contributed by atoms with van der Waals surface area (Å²) in [5.41, 5.74) is 0. The van der Waals surface area contributed by atoms with Gasteiger partial charge in [0.2, 0.25) is 5.91 Å². The van der Waals surface area contributed by atoms with Gasteiger partial charge in [0, 0.05) is 39.3 Å². The molecule has 1 N–H and O–H groups in total. The zero-order chi connectivity index (χ0) is 15.1. The van der Waals surface area contributed by atoms with Crippen LogP contribution in [0.5, 0.6) is 0 Å². The van der Waals surface area contributed by atoms with Crippen molar-refractivity contribution < 1.29 is 4.79 Å². The lowest BCUT2D eigenvalue weighted by Gasteiger charge is -2.36. The second-order valence-electron chi connectivity index (χ2n) is 6.78. The monoisotopic (exact) mass is 296 g/mol. The third kappa shape index (κ3) is 5.93. The van der Waals surface area contributed by atoms with Crippen LogP contribution in [0.2, 0.25) is 0 Å². The van der Waals surface area contributed by atoms with Crippen LogP contribution in [0.25, 0.3) is 0 Å². The van der Waals surface area contributed by atoms with Crippen LogP contribution >= 0.6 is 0 Å². The Labute approximate surface area is 129 Å². The lowest BCUT2D eigenvalue weighted by molar-refractivity contribution is -0.134. The van der Waals surface area contributed by atoms with Crippen LogP contribution in [-0.2, 0) is 4.79 Å². The third-order valence-electron chi connectivity index (χ3n) is 4.54. The minimum absolute atomic E-state index is 0.320. The molecule has 2 fully saturated rings. The third-order valence-corrected chi connectivity index (χ3v) is 4.54. The molecular formula is C16H32N4O. The van der Waals surface area contributed by atoms with E-state index in [9.17, 15) is 4.79 Å². The normalized spacial score (nSPS) is 22.5. The summed E-state index contributed by atoms with van der Waals surface area (Å²) in [6.45, 7) is 14.4. The summed E-state index contributed by atoms with van der Waals surface area (Å²) in [7, 11) is 0. The highest BCUT2D eigenvalue weighted by Gasteiger charge is 2.22. The van der Waals surface area contributed by atoms with Gasteiger partial charge in [0.05, 0.1) is 6.54 Å². The minimum atomic E-state index is 0.320. The first kappa shape index (κ1) is 16.7. The van der Waals surface area contributed by atoms with Gasteiger partial charge in [0.25, 0.3) is 0 Å². The lowest BCUT2D eigenvalue weighted by atomic mass is 10.1. The summed E-state index contributed by atoms with van der Waals surface area (Å²) >= 11 is 0. The molecule has 0 aromatic rings. The zero-order valence-corrected chi connectivity index (χ0v) is 13.8. The van der Waals surface area contributed by atoms with E-state index in [4.69, 9.17) is 0 Å². The SMILES string of the molecule is CC(C)CCN1CCN(C(=O)CN2CCCNCC2)CC1. The molecule has 0 aromatic heterocycles. The summed E-state index contributed by atoms with van der Waals surface area (Å²) in [6, 6.07) is 0. The summed E-state index contributed by atoms with van der Waals surface area (Å²) in [6.07, 6.45) is 2.41. The van der Waals surface area contributed by atoms with Gasteiger partial charge < -0.3 is 10.2 Å². The number of amides is 1. The molecule has 5 heteroatoms. The van der Waals surface area contributed by atoms with Crippen LogP contribution in [-0.4, -0.2) is 86.1 Å². The largest absolute Gasteiger partial charge is 0.339 e. The van der Waals surface area contributed by atoms with Gasteiger partial charge in [-0.25, -0.2) is 0 Å². The van der Waals surface area contributed by atoms with E-state index in [1.807, 2.05) is 0 Å². The van der Waals surface area contributed by atoms with Gasteiger partial charge in [0.15, 0.2) is 0 Å². The minimum Gasteiger partial charge on any atom is -0.339 e. The first-order valence-electron chi connectivity index (χ1n) is 8.58. The number of piperazine rings is 1. The number of carbonyl (C=O) groups excluding carboxylic acids is 1. The van der Waals surface area contributed by atoms with E-state index in [-0.39, 0.29) is 0 Å². The standard InChI is InChI=1S/C16H32N4O/c1-15(2)4-8-18-10-12-20(13-11-18)16(21)14-19-7-3-5-17-6-9-19/h15,17H,3-14H2,1-2H3. The average molecular weight is 296 g/mol. The Balaban J connectivity index is 1.67. The van der Waals surface area contributed by atoms with Crippen molar-refractivity contribution in [2.75, 3.05) is 65.4 Å². The van der Waals surface area contributed by atoms with Crippen LogP contribution in [0.4, 0.5) is 0 Å². The molecule has 0 unspecified atom stereocenters. The van der Waals surface area contributed by atoms with Gasteiger partial charge in [-0.2, -0.15) is 0 Å². The molecule has 2 aliphatic rings. The second-order valence-corrected chi connectivity index (χ2v) is 6.78. The van der Waals surface area contributed by atoms with Crippen molar-refractivity contribution in [3.8, 4) is 0 Å². The fourth-order valence-corrected chi connectivity index (χ4v) is 3.01. The molecule has 2 heterocycles. The Morgan fingerprint density at radius 2 is 1.76 bits per heavy atom. The van der Waals surface area contributed by atoms with Crippen LogP contribution in [0, 0.1) is 5.92 Å². The zero-order valence-electron chi connectivity index (χ0n) is 13.8. The number of nitrogens with one attached hydrogen (secondary N) is 1. The highest BCUT2D eigenvalue weighted by molar-refractivity contribution is 5.78. The van der Waals surface area contributed by atoms with Crippen LogP contribution in [0.15, 0.2) is 0 Å². The van der Waals surface area contributed by atoms with Crippen molar-refractivity contribution >= 4 is 5.91 Å². The van der Waals surface area contributed by atoms with E-state index >= 15 is 0 Å². The average Bonchev–Trinajstić information content (AvgIpc) is 2.74. The van der Waals surface area contributed by atoms with E-state index in [0.29, 0.717) is 12.5 Å². The predicted molar refractivity (Wildman–Crippen MR) is 86.4 cm³/mol. The summed E-state index contributed by atoms with van der Waals surface area (Å²) in [5, 5.41) is 3.39. The van der Waals surface area contributed by atoms with Crippen molar-refractivity contribution in [2.45, 2.75) is 26.7 Å². The quantitative estimate of drug-likeness (QED) is 0.801. The van der Waals surface area contributed by atoms with Crippen LogP contribution in [0.3, 0.4) is 0 Å². The number of hydrogen-bond acceptors (Lipinski definition) is 4.